The molecule has 0 aliphatic heterocycles. The summed E-state index contributed by atoms with van der Waals surface area (Å²) in [5, 5.41) is 5.12. The van der Waals surface area contributed by atoms with Gasteiger partial charge in [-0.3, -0.25) is 19.2 Å². The largest absolute Gasteiger partial charge is 0.466 e. The first-order chi connectivity index (χ1) is 17.3. The van der Waals surface area contributed by atoms with E-state index in [0.29, 0.717) is 12.0 Å². The lowest BCUT2D eigenvalue weighted by Gasteiger charge is -2.34. The van der Waals surface area contributed by atoms with E-state index in [1.165, 1.54) is 4.90 Å². The maximum Gasteiger partial charge on any atom is 0.408 e. The van der Waals surface area contributed by atoms with Crippen LogP contribution < -0.4 is 16.4 Å². The Balaban J connectivity index is 3.35. The van der Waals surface area contributed by atoms with Crippen molar-refractivity contribution in [3.63, 3.8) is 0 Å². The highest BCUT2D eigenvalue weighted by Gasteiger charge is 2.36. The number of primary amides is 1. The van der Waals surface area contributed by atoms with Gasteiger partial charge in [0, 0.05) is 13.1 Å². The zero-order valence-electron chi connectivity index (χ0n) is 22.6. The molecule has 4 N–H and O–H groups in total. The molecule has 11 nitrogen and oxygen atoms in total. The highest BCUT2D eigenvalue weighted by atomic mass is 16.6. The first-order valence-corrected chi connectivity index (χ1v) is 12.4. The standard InChI is InChI=1S/C26H40N4O7/c1-7-14-30(24(34)19(16-20(27)31)29-25(35)37-26(4,5)6)22(18-11-9-10-17(3)15-18)23(33)28-13-12-21(32)36-8-2/h9-11,15,19,22H,7-8,12-14,16H2,1-6H3,(H2,27,31)(H,28,33)(H,29,35). The molecule has 0 aliphatic rings. The normalized spacial score (nSPS) is 12.6. The lowest BCUT2D eigenvalue weighted by Crippen LogP contribution is -2.54. The molecular formula is C26H40N4O7. The average Bonchev–Trinajstić information content (AvgIpc) is 2.76. The topological polar surface area (TPSA) is 157 Å². The lowest BCUT2D eigenvalue weighted by atomic mass is 10.00. The van der Waals surface area contributed by atoms with E-state index in [9.17, 15) is 24.0 Å². The van der Waals surface area contributed by atoms with Crippen LogP contribution in [0.2, 0.25) is 0 Å². The highest BCUT2D eigenvalue weighted by molar-refractivity contribution is 5.94. The third-order valence-electron chi connectivity index (χ3n) is 4.99. The molecule has 0 aromatic heterocycles. The van der Waals surface area contributed by atoms with E-state index in [0.717, 1.165) is 5.56 Å². The minimum atomic E-state index is -1.35. The van der Waals surface area contributed by atoms with Gasteiger partial charge in [0.2, 0.25) is 17.7 Å². The summed E-state index contributed by atoms with van der Waals surface area (Å²) >= 11 is 0. The summed E-state index contributed by atoms with van der Waals surface area (Å²) in [6, 6.07) is 4.66. The number of carbonyl (C=O) groups excluding carboxylic acids is 5. The van der Waals surface area contributed by atoms with Crippen molar-refractivity contribution < 1.29 is 33.4 Å². The number of hydrogen-bond acceptors (Lipinski definition) is 7. The number of carbonyl (C=O) groups is 5. The number of benzene rings is 1. The Hall–Kier alpha value is -3.63. The van der Waals surface area contributed by atoms with Crippen molar-refractivity contribution in [3.8, 4) is 0 Å². The molecule has 37 heavy (non-hydrogen) atoms. The molecular weight excluding hydrogens is 480 g/mol. The number of nitrogens with one attached hydrogen (secondary N) is 2. The molecule has 0 heterocycles. The maximum atomic E-state index is 13.7. The number of amides is 4. The van der Waals surface area contributed by atoms with Gasteiger partial charge < -0.3 is 30.7 Å². The minimum Gasteiger partial charge on any atom is -0.466 e. The minimum absolute atomic E-state index is 0.00894. The van der Waals surface area contributed by atoms with E-state index in [4.69, 9.17) is 15.2 Å². The molecule has 0 saturated heterocycles. The van der Waals surface area contributed by atoms with E-state index in [1.54, 1.807) is 45.9 Å². The molecule has 0 radical (unpaired) electrons. The van der Waals surface area contributed by atoms with Gasteiger partial charge in [0.05, 0.1) is 19.4 Å². The summed E-state index contributed by atoms with van der Waals surface area (Å²) in [6.45, 7) is 10.7. The van der Waals surface area contributed by atoms with Crippen LogP contribution in [-0.4, -0.2) is 66.0 Å². The molecule has 206 valence electrons. The number of hydrogen-bond donors (Lipinski definition) is 3. The van der Waals surface area contributed by atoms with Gasteiger partial charge in [-0.25, -0.2) is 4.79 Å². The number of aryl methyl sites for hydroxylation is 1. The van der Waals surface area contributed by atoms with Crippen LogP contribution in [0.4, 0.5) is 4.79 Å². The number of nitrogens with zero attached hydrogens (tertiary/aromatic N) is 1. The molecule has 1 aromatic carbocycles. The summed E-state index contributed by atoms with van der Waals surface area (Å²) in [7, 11) is 0. The number of ether oxygens (including phenoxy) is 2. The van der Waals surface area contributed by atoms with E-state index in [2.05, 4.69) is 10.6 Å². The summed E-state index contributed by atoms with van der Waals surface area (Å²) in [5.74, 6) is -2.46. The number of rotatable bonds is 13. The zero-order chi connectivity index (χ0) is 28.2. The van der Waals surface area contributed by atoms with Crippen molar-refractivity contribution in [2.24, 2.45) is 5.73 Å². The molecule has 1 aromatic rings. The Kier molecular flexibility index (Phi) is 12.6. The fourth-order valence-corrected chi connectivity index (χ4v) is 3.59. The van der Waals surface area contributed by atoms with Gasteiger partial charge in [-0.05, 0) is 46.6 Å². The molecule has 2 atom stereocenters. The van der Waals surface area contributed by atoms with E-state index < -0.39 is 53.9 Å². The molecule has 1 rings (SSSR count). The summed E-state index contributed by atoms with van der Waals surface area (Å²) < 4.78 is 10.1. The summed E-state index contributed by atoms with van der Waals surface area (Å²) in [6.07, 6.45) is -0.926. The van der Waals surface area contributed by atoms with Crippen LogP contribution in [0.25, 0.3) is 0 Å². The van der Waals surface area contributed by atoms with Crippen molar-refractivity contribution in [1.29, 1.82) is 0 Å². The van der Waals surface area contributed by atoms with Gasteiger partial charge in [-0.1, -0.05) is 36.8 Å². The first kappa shape index (κ1) is 31.4. The summed E-state index contributed by atoms with van der Waals surface area (Å²) in [4.78, 5) is 64.4. The van der Waals surface area contributed by atoms with Crippen molar-refractivity contribution >= 4 is 29.8 Å². The molecule has 0 aliphatic carbocycles. The fraction of sp³-hybridized carbons (Fsp3) is 0.577. The lowest BCUT2D eigenvalue weighted by molar-refractivity contribution is -0.144. The molecule has 0 saturated carbocycles. The van der Waals surface area contributed by atoms with E-state index in [1.807, 2.05) is 19.9 Å². The number of esters is 1. The molecule has 2 unspecified atom stereocenters. The van der Waals surface area contributed by atoms with Crippen molar-refractivity contribution in [2.45, 2.75) is 78.5 Å². The Morgan fingerprint density at radius 2 is 1.78 bits per heavy atom. The predicted octanol–water partition coefficient (Wildman–Crippen LogP) is 2.11. The predicted molar refractivity (Wildman–Crippen MR) is 137 cm³/mol. The van der Waals surface area contributed by atoms with Crippen LogP contribution in [-0.2, 0) is 28.7 Å². The SMILES string of the molecule is CCCN(C(=O)C(CC(N)=O)NC(=O)OC(C)(C)C)C(C(=O)NCCC(=O)OCC)c1cccc(C)c1. The van der Waals surface area contributed by atoms with Crippen LogP contribution in [0.15, 0.2) is 24.3 Å². The van der Waals surface area contributed by atoms with Crippen LogP contribution in [0.1, 0.15) is 71.0 Å². The first-order valence-electron chi connectivity index (χ1n) is 12.4. The molecule has 4 amide bonds. The summed E-state index contributed by atoms with van der Waals surface area (Å²) in [5.41, 5.74) is 5.93. The Morgan fingerprint density at radius 3 is 2.32 bits per heavy atom. The monoisotopic (exact) mass is 520 g/mol. The molecule has 11 heteroatoms. The smallest absolute Gasteiger partial charge is 0.408 e. The average molecular weight is 521 g/mol. The van der Waals surface area contributed by atoms with E-state index >= 15 is 0 Å². The zero-order valence-corrected chi connectivity index (χ0v) is 22.6. The second kappa shape index (κ2) is 14.8. The molecule has 0 bridgehead atoms. The molecule has 0 spiro atoms. The highest BCUT2D eigenvalue weighted by Crippen LogP contribution is 2.24. The van der Waals surface area contributed by atoms with Gasteiger partial charge in [0.25, 0.3) is 0 Å². The Morgan fingerprint density at radius 1 is 1.11 bits per heavy atom. The van der Waals surface area contributed by atoms with E-state index in [-0.39, 0.29) is 26.1 Å². The van der Waals surface area contributed by atoms with Crippen molar-refractivity contribution in [3.05, 3.63) is 35.4 Å². The number of nitrogens with two attached hydrogens (primary N) is 1. The van der Waals surface area contributed by atoms with Gasteiger partial charge >= 0.3 is 12.1 Å². The van der Waals surface area contributed by atoms with Crippen LogP contribution in [0.3, 0.4) is 0 Å². The van der Waals surface area contributed by atoms with Gasteiger partial charge in [0.1, 0.15) is 17.7 Å². The third-order valence-corrected chi connectivity index (χ3v) is 4.99. The fourth-order valence-electron chi connectivity index (χ4n) is 3.59. The van der Waals surface area contributed by atoms with Crippen molar-refractivity contribution in [2.75, 3.05) is 19.7 Å². The van der Waals surface area contributed by atoms with Gasteiger partial charge in [-0.15, -0.1) is 0 Å². The second-order valence-electron chi connectivity index (χ2n) is 9.56. The maximum absolute atomic E-state index is 13.7. The van der Waals surface area contributed by atoms with Crippen LogP contribution >= 0.6 is 0 Å². The van der Waals surface area contributed by atoms with Gasteiger partial charge in [0.15, 0.2) is 0 Å². The Labute approximate surface area is 218 Å². The third kappa shape index (κ3) is 11.3. The van der Waals surface area contributed by atoms with Crippen LogP contribution in [0.5, 0.6) is 0 Å². The van der Waals surface area contributed by atoms with Gasteiger partial charge in [-0.2, -0.15) is 0 Å². The quantitative estimate of drug-likeness (QED) is 0.336. The van der Waals surface area contributed by atoms with Crippen molar-refractivity contribution in [1.82, 2.24) is 15.5 Å². The molecule has 0 fully saturated rings. The second-order valence-corrected chi connectivity index (χ2v) is 9.56. The Bertz CT molecular complexity index is 958. The number of alkyl carbamates (subject to hydrolysis) is 1. The van der Waals surface area contributed by atoms with Crippen LogP contribution in [0, 0.1) is 6.92 Å².